The molecule has 0 aliphatic heterocycles. The molecular formula is C16H8BLi7O11. The maximum Gasteiger partial charge on any atom is 1.00 e. The van der Waals surface area contributed by atoms with E-state index in [1.165, 1.54) is 24.3 Å². The number of carbonyl (C=O) groups excluding carboxylic acids is 4. The summed E-state index contributed by atoms with van der Waals surface area (Å²) in [6.45, 7) is 0. The predicted molar refractivity (Wildman–Crippen MR) is 76.0 cm³/mol. The first-order chi connectivity index (χ1) is 13.0. The van der Waals surface area contributed by atoms with Gasteiger partial charge in [-0.2, -0.15) is 0 Å². The van der Waals surface area contributed by atoms with Crippen LogP contribution in [0.1, 0.15) is 41.4 Å². The van der Waals surface area contributed by atoms with Gasteiger partial charge in [-0.3, -0.25) is 7.32 Å². The molecule has 0 aromatic heterocycles. The second-order valence-electron chi connectivity index (χ2n) is 4.53. The van der Waals surface area contributed by atoms with Gasteiger partial charge in [0, 0.05) is 22.3 Å². The van der Waals surface area contributed by atoms with Crippen molar-refractivity contribution >= 4 is 31.2 Å². The van der Waals surface area contributed by atoms with Crippen LogP contribution in [0.3, 0.4) is 0 Å². The van der Waals surface area contributed by atoms with E-state index in [4.69, 9.17) is 15.1 Å². The first-order valence-corrected chi connectivity index (χ1v) is 6.99. The van der Waals surface area contributed by atoms with E-state index in [1.807, 2.05) is 0 Å². The summed E-state index contributed by atoms with van der Waals surface area (Å²) in [5, 5.41) is 66.5. The Hall–Kier alpha value is 0.447. The molecule has 148 valence electrons. The SMILES string of the molecule is O=C([O-])c1ccccc1C(=O)[O-].O=C([O-])c1ccccc1C(=O)[O-].[Li+].[Li+].[Li+].[Li+].[Li+].[Li+].[Li+].[O-]B([O-])[O-]. The average Bonchev–Trinajstić information content (AvgIpc) is 2.61. The number of carbonyl (C=O) groups is 4. The average molecular weight is 436 g/mol. The molecule has 0 bridgehead atoms. The largest absolute Gasteiger partial charge is 1.00 e. The summed E-state index contributed by atoms with van der Waals surface area (Å²) in [4.78, 5) is 41.3. The summed E-state index contributed by atoms with van der Waals surface area (Å²) in [6, 6.07) is 10.3. The van der Waals surface area contributed by atoms with Crippen molar-refractivity contribution in [1.82, 2.24) is 0 Å². The maximum absolute atomic E-state index is 10.3. The number of aromatic carboxylic acids is 4. The van der Waals surface area contributed by atoms with E-state index in [0.717, 1.165) is 24.3 Å². The van der Waals surface area contributed by atoms with Gasteiger partial charge in [0.25, 0.3) is 0 Å². The first kappa shape index (κ1) is 55.8. The zero-order valence-electron chi connectivity index (χ0n) is 20.7. The number of carboxylic acid groups (broad SMARTS) is 4. The Morgan fingerprint density at radius 3 is 0.629 bits per heavy atom. The molecule has 0 unspecified atom stereocenters. The number of hydrogen-bond donors (Lipinski definition) is 0. The van der Waals surface area contributed by atoms with Gasteiger partial charge in [0.05, 0.1) is 23.9 Å². The van der Waals surface area contributed by atoms with Crippen molar-refractivity contribution in [3.05, 3.63) is 70.8 Å². The van der Waals surface area contributed by atoms with Gasteiger partial charge < -0.3 is 54.7 Å². The summed E-state index contributed by atoms with van der Waals surface area (Å²) in [5.74, 6) is -6.07. The second-order valence-corrected chi connectivity index (χ2v) is 4.53. The minimum absolute atomic E-state index is 0. The fourth-order valence-electron chi connectivity index (χ4n) is 1.68. The van der Waals surface area contributed by atoms with E-state index >= 15 is 0 Å². The molecule has 11 nitrogen and oxygen atoms in total. The standard InChI is InChI=1S/2C8H6O4.BO3.7Li/c2*9-7(10)5-3-1-2-4-6(5)8(11)12;2-1(3)4;;;;;;;/h2*1-4H,(H,9,10)(H,11,12);;;;;;;;/q;;-3;7*+1/p-4. The Morgan fingerprint density at radius 2 is 0.543 bits per heavy atom. The monoisotopic (exact) mass is 436 g/mol. The molecule has 19 heteroatoms. The van der Waals surface area contributed by atoms with Crippen LogP contribution in [-0.4, -0.2) is 31.2 Å². The van der Waals surface area contributed by atoms with Crippen LogP contribution in [0.2, 0.25) is 0 Å². The fourth-order valence-corrected chi connectivity index (χ4v) is 1.68. The van der Waals surface area contributed by atoms with Gasteiger partial charge in [0.15, 0.2) is 0 Å². The number of benzene rings is 2. The van der Waals surface area contributed by atoms with Crippen LogP contribution in [0.25, 0.3) is 0 Å². The van der Waals surface area contributed by atoms with Gasteiger partial charge in [-0.1, -0.05) is 48.5 Å². The summed E-state index contributed by atoms with van der Waals surface area (Å²) in [6.07, 6.45) is 0. The van der Waals surface area contributed by atoms with Crippen molar-refractivity contribution < 1.29 is 187 Å². The molecule has 0 aliphatic rings. The van der Waals surface area contributed by atoms with Gasteiger partial charge in [-0.15, -0.1) is 0 Å². The van der Waals surface area contributed by atoms with E-state index in [1.54, 1.807) is 0 Å². The molecule has 35 heavy (non-hydrogen) atoms. The van der Waals surface area contributed by atoms with Gasteiger partial charge in [0.2, 0.25) is 0 Å². The Bertz CT molecular complexity index is 737. The zero-order valence-corrected chi connectivity index (χ0v) is 20.7. The van der Waals surface area contributed by atoms with Crippen molar-refractivity contribution in [3.8, 4) is 0 Å². The molecule has 0 spiro atoms. The van der Waals surface area contributed by atoms with Crippen LogP contribution in [0.5, 0.6) is 0 Å². The topological polar surface area (TPSA) is 230 Å². The number of rotatable bonds is 4. The van der Waals surface area contributed by atoms with Gasteiger partial charge >= 0.3 is 132 Å². The molecule has 2 rings (SSSR count). The van der Waals surface area contributed by atoms with Gasteiger partial charge in [0.1, 0.15) is 0 Å². The molecule has 0 saturated heterocycles. The van der Waals surface area contributed by atoms with Crippen LogP contribution >= 0.6 is 0 Å². The smallest absolute Gasteiger partial charge is 0.907 e. The van der Waals surface area contributed by atoms with Crippen LogP contribution in [-0.2, 0) is 0 Å². The van der Waals surface area contributed by atoms with E-state index in [-0.39, 0.29) is 154 Å². The molecule has 2 aromatic carbocycles. The predicted octanol–water partition coefficient (Wildman–Crippen LogP) is -28.1. The van der Waals surface area contributed by atoms with Crippen molar-refractivity contribution in [2.45, 2.75) is 0 Å². The van der Waals surface area contributed by atoms with Crippen molar-refractivity contribution in [2.24, 2.45) is 0 Å². The maximum atomic E-state index is 10.3. The van der Waals surface area contributed by atoms with Crippen LogP contribution in [0.4, 0.5) is 0 Å². The van der Waals surface area contributed by atoms with Crippen molar-refractivity contribution in [1.29, 1.82) is 0 Å². The third-order valence-corrected chi connectivity index (χ3v) is 2.73. The van der Waals surface area contributed by atoms with Crippen LogP contribution in [0, 0.1) is 0 Å². The third kappa shape index (κ3) is 24.5. The Morgan fingerprint density at radius 1 is 0.429 bits per heavy atom. The third-order valence-electron chi connectivity index (χ3n) is 2.73. The molecule has 0 radical (unpaired) electrons. The number of hydrogen-bond acceptors (Lipinski definition) is 11. The Labute approximate surface area is 285 Å². The molecule has 0 aliphatic carbocycles. The number of carboxylic acids is 4. The molecule has 0 atom stereocenters. The van der Waals surface area contributed by atoms with E-state index < -0.39 is 31.2 Å². The molecule has 0 fully saturated rings. The Kier molecular flexibility index (Phi) is 48.9. The second kappa shape index (κ2) is 30.7. The van der Waals surface area contributed by atoms with E-state index in [9.17, 15) is 39.6 Å². The normalized spacial score (nSPS) is 7.17. The molecule has 0 amide bonds. The van der Waals surface area contributed by atoms with Crippen molar-refractivity contribution in [3.63, 3.8) is 0 Å². The Balaban J connectivity index is -0.0000000513. The summed E-state index contributed by atoms with van der Waals surface area (Å²) in [7, 11) is -2.92. The molecule has 2 aromatic rings. The minimum atomic E-state index is -2.92. The summed E-state index contributed by atoms with van der Waals surface area (Å²) >= 11 is 0. The van der Waals surface area contributed by atoms with Crippen molar-refractivity contribution in [2.75, 3.05) is 0 Å². The molecule has 0 heterocycles. The van der Waals surface area contributed by atoms with E-state index in [0.29, 0.717) is 0 Å². The quantitative estimate of drug-likeness (QED) is 0.409. The first-order valence-electron chi connectivity index (χ1n) is 6.99. The van der Waals surface area contributed by atoms with Crippen LogP contribution in [0.15, 0.2) is 48.5 Å². The van der Waals surface area contributed by atoms with E-state index in [2.05, 4.69) is 0 Å². The fraction of sp³-hybridized carbons (Fsp3) is 0. The molecule has 0 N–H and O–H groups in total. The molecular weight excluding hydrogens is 428 g/mol. The zero-order chi connectivity index (χ0) is 21.9. The summed E-state index contributed by atoms with van der Waals surface area (Å²) < 4.78 is 0. The molecule has 0 saturated carbocycles. The van der Waals surface area contributed by atoms with Gasteiger partial charge in [-0.25, -0.2) is 0 Å². The van der Waals surface area contributed by atoms with Gasteiger partial charge in [-0.05, 0) is 0 Å². The minimum Gasteiger partial charge on any atom is -0.907 e. The summed E-state index contributed by atoms with van der Waals surface area (Å²) in [5.41, 5.74) is -1.45. The van der Waals surface area contributed by atoms with Crippen LogP contribution < -0.4 is 168 Å².